The Morgan fingerprint density at radius 3 is 2.44 bits per heavy atom. The summed E-state index contributed by atoms with van der Waals surface area (Å²) in [5.74, 6) is -2.47. The summed E-state index contributed by atoms with van der Waals surface area (Å²) in [5, 5.41) is 17.1. The second kappa shape index (κ2) is 10.6. The molecule has 3 atom stereocenters. The van der Waals surface area contributed by atoms with E-state index in [-0.39, 0.29) is 6.42 Å². The highest BCUT2D eigenvalue weighted by Crippen LogP contribution is 2.60. The molecule has 6 nitrogen and oxygen atoms in total. The number of rotatable bonds is 9. The van der Waals surface area contributed by atoms with E-state index in [2.05, 4.69) is 0 Å². The van der Waals surface area contributed by atoms with Crippen LogP contribution < -0.4 is 4.74 Å². The molecule has 1 fully saturated rings. The molecule has 1 aliphatic carbocycles. The Balaban J connectivity index is 1.67. The lowest BCUT2D eigenvalue weighted by molar-refractivity contribution is -0.149. The fourth-order valence-corrected chi connectivity index (χ4v) is 4.04. The number of ether oxygens (including phenoxy) is 2. The van der Waals surface area contributed by atoms with Gasteiger partial charge in [0.05, 0.1) is 5.92 Å². The number of nitrogens with zero attached hydrogens (tertiary/aromatic N) is 1. The molecule has 1 saturated carbocycles. The van der Waals surface area contributed by atoms with Crippen molar-refractivity contribution >= 4 is 23.5 Å². The zero-order valence-electron chi connectivity index (χ0n) is 19.4. The number of carboxylic acids is 1. The van der Waals surface area contributed by atoms with Crippen molar-refractivity contribution in [3.63, 3.8) is 0 Å². The minimum Gasteiger partial charge on any atom is -0.481 e. The first kappa shape index (κ1) is 27.1. The van der Waals surface area contributed by atoms with Gasteiger partial charge in [-0.05, 0) is 47.6 Å². The smallest absolute Gasteiger partial charge is 0.426 e. The standard InChI is InChI=1S/C26H23ClF3NO5/c1-25(2)19(13-21(27)26(28,29)30)23(25)24(34)36-20(14-31)16-4-3-5-18(12-16)35-17-9-6-15(7-10-17)8-11-22(32)33/h3-7,9-10,12-13,19-20,23H,8,11H2,1-2H3,(H,32,33)/b21-13+. The number of allylic oxidation sites excluding steroid dienone is 2. The maximum atomic E-state index is 12.8. The molecule has 0 saturated heterocycles. The molecule has 36 heavy (non-hydrogen) atoms. The fourth-order valence-electron chi connectivity index (χ4n) is 3.90. The summed E-state index contributed by atoms with van der Waals surface area (Å²) in [7, 11) is 0. The lowest BCUT2D eigenvalue weighted by Crippen LogP contribution is -2.14. The highest BCUT2D eigenvalue weighted by Gasteiger charge is 2.62. The van der Waals surface area contributed by atoms with Crippen LogP contribution >= 0.6 is 11.6 Å². The van der Waals surface area contributed by atoms with Crippen LogP contribution in [0.4, 0.5) is 13.2 Å². The van der Waals surface area contributed by atoms with Crippen LogP contribution in [0.2, 0.25) is 0 Å². The molecule has 3 rings (SSSR count). The van der Waals surface area contributed by atoms with Crippen molar-refractivity contribution in [2.24, 2.45) is 17.3 Å². The zero-order chi connectivity index (χ0) is 26.7. The van der Waals surface area contributed by atoms with Crippen LogP contribution in [0.15, 0.2) is 59.6 Å². The summed E-state index contributed by atoms with van der Waals surface area (Å²) in [5.41, 5.74) is 0.368. The number of alkyl halides is 3. The van der Waals surface area contributed by atoms with Crippen LogP contribution in [0, 0.1) is 28.6 Å². The number of benzene rings is 2. The number of hydrogen-bond acceptors (Lipinski definition) is 5. The van der Waals surface area contributed by atoms with E-state index in [1.54, 1.807) is 56.3 Å². The molecule has 1 N–H and O–H groups in total. The molecule has 190 valence electrons. The Morgan fingerprint density at radius 2 is 1.86 bits per heavy atom. The van der Waals surface area contributed by atoms with E-state index < -0.39 is 46.5 Å². The van der Waals surface area contributed by atoms with E-state index in [9.17, 15) is 28.0 Å². The minimum atomic E-state index is -4.71. The molecule has 1 aliphatic rings. The van der Waals surface area contributed by atoms with Gasteiger partial charge in [-0.25, -0.2) is 0 Å². The average Bonchev–Trinajstić information content (AvgIpc) is 3.35. The lowest BCUT2D eigenvalue weighted by Gasteiger charge is -2.14. The topological polar surface area (TPSA) is 96.6 Å². The number of halogens is 4. The first-order valence-electron chi connectivity index (χ1n) is 11.0. The van der Waals surface area contributed by atoms with Gasteiger partial charge in [-0.3, -0.25) is 9.59 Å². The SMILES string of the molecule is CC1(C)C(/C=C(/Cl)C(F)(F)F)C1C(=O)OC(C#N)c1cccc(Oc2ccc(CCC(=O)O)cc2)c1. The summed E-state index contributed by atoms with van der Waals surface area (Å²) in [6.07, 6.45) is -4.78. The van der Waals surface area contributed by atoms with Gasteiger partial charge in [0.1, 0.15) is 22.6 Å². The predicted molar refractivity (Wildman–Crippen MR) is 124 cm³/mol. The third kappa shape index (κ3) is 6.58. The average molecular weight is 522 g/mol. The number of hydrogen-bond donors (Lipinski definition) is 1. The normalized spacial score (nSPS) is 19.6. The van der Waals surface area contributed by atoms with Gasteiger partial charge in [-0.15, -0.1) is 0 Å². The van der Waals surface area contributed by atoms with Crippen molar-refractivity contribution in [2.45, 2.75) is 39.0 Å². The second-order valence-corrected chi connectivity index (χ2v) is 9.40. The van der Waals surface area contributed by atoms with Crippen molar-refractivity contribution in [1.29, 1.82) is 5.26 Å². The van der Waals surface area contributed by atoms with Crippen LogP contribution in [-0.4, -0.2) is 23.2 Å². The number of aliphatic carboxylic acids is 1. The van der Waals surface area contributed by atoms with E-state index in [0.717, 1.165) is 11.6 Å². The van der Waals surface area contributed by atoms with Crippen molar-refractivity contribution in [2.75, 3.05) is 0 Å². The highest BCUT2D eigenvalue weighted by atomic mass is 35.5. The van der Waals surface area contributed by atoms with Crippen molar-refractivity contribution in [1.82, 2.24) is 0 Å². The molecule has 2 aromatic carbocycles. The van der Waals surface area contributed by atoms with E-state index in [4.69, 9.17) is 26.2 Å². The Hall–Kier alpha value is -3.51. The van der Waals surface area contributed by atoms with Crippen molar-refractivity contribution in [3.05, 3.63) is 70.8 Å². The first-order chi connectivity index (χ1) is 16.8. The molecule has 10 heteroatoms. The van der Waals surface area contributed by atoms with Gasteiger partial charge in [0.15, 0.2) is 0 Å². The van der Waals surface area contributed by atoms with Crippen LogP contribution in [0.3, 0.4) is 0 Å². The first-order valence-corrected chi connectivity index (χ1v) is 11.3. The van der Waals surface area contributed by atoms with Gasteiger partial charge in [-0.2, -0.15) is 18.4 Å². The molecule has 0 radical (unpaired) electrons. The summed E-state index contributed by atoms with van der Waals surface area (Å²) >= 11 is 5.33. The molecule has 2 aromatic rings. The number of aryl methyl sites for hydroxylation is 1. The monoisotopic (exact) mass is 521 g/mol. The van der Waals surface area contributed by atoms with Gasteiger partial charge < -0.3 is 14.6 Å². The quantitative estimate of drug-likeness (QED) is 0.375. The fraction of sp³-hybridized carbons (Fsp3) is 0.346. The van der Waals surface area contributed by atoms with Crippen molar-refractivity contribution in [3.8, 4) is 17.6 Å². The lowest BCUT2D eigenvalue weighted by atomic mass is 10.1. The molecule has 0 bridgehead atoms. The number of carboxylic acid groups (broad SMARTS) is 1. The van der Waals surface area contributed by atoms with E-state index in [0.29, 0.717) is 23.5 Å². The molecule has 0 amide bonds. The summed E-state index contributed by atoms with van der Waals surface area (Å²) in [6.45, 7) is 3.26. The summed E-state index contributed by atoms with van der Waals surface area (Å²) in [6, 6.07) is 15.1. The Bertz CT molecular complexity index is 1200. The van der Waals surface area contributed by atoms with E-state index >= 15 is 0 Å². The number of esters is 1. The van der Waals surface area contributed by atoms with Gasteiger partial charge in [0, 0.05) is 12.0 Å². The van der Waals surface area contributed by atoms with Gasteiger partial charge in [0.2, 0.25) is 6.10 Å². The Morgan fingerprint density at radius 1 is 1.19 bits per heavy atom. The van der Waals surface area contributed by atoms with Crippen LogP contribution in [0.1, 0.15) is 37.5 Å². The molecule has 0 heterocycles. The van der Waals surface area contributed by atoms with E-state index in [1.807, 2.05) is 6.07 Å². The largest absolute Gasteiger partial charge is 0.481 e. The van der Waals surface area contributed by atoms with Gasteiger partial charge in [-0.1, -0.05) is 55.8 Å². The van der Waals surface area contributed by atoms with Gasteiger partial charge >= 0.3 is 18.1 Å². The summed E-state index contributed by atoms with van der Waals surface area (Å²) < 4.78 is 49.5. The summed E-state index contributed by atoms with van der Waals surface area (Å²) in [4.78, 5) is 23.4. The Kier molecular flexibility index (Phi) is 7.99. The third-order valence-electron chi connectivity index (χ3n) is 6.06. The highest BCUT2D eigenvalue weighted by molar-refractivity contribution is 6.30. The molecular formula is C26H23ClF3NO5. The van der Waals surface area contributed by atoms with Crippen LogP contribution in [0.25, 0.3) is 0 Å². The van der Waals surface area contributed by atoms with E-state index in [1.165, 1.54) is 6.07 Å². The maximum absolute atomic E-state index is 12.8. The third-order valence-corrected chi connectivity index (χ3v) is 6.40. The number of nitriles is 1. The Labute approximate surface area is 210 Å². The van der Waals surface area contributed by atoms with Crippen LogP contribution in [-0.2, 0) is 20.7 Å². The molecule has 0 aromatic heterocycles. The molecule has 3 unspecified atom stereocenters. The number of carbonyl (C=O) groups is 2. The zero-order valence-corrected chi connectivity index (χ0v) is 20.1. The molecule has 0 aliphatic heterocycles. The maximum Gasteiger partial charge on any atom is 0.426 e. The molecule has 0 spiro atoms. The van der Waals surface area contributed by atoms with Gasteiger partial charge in [0.25, 0.3) is 0 Å². The minimum absolute atomic E-state index is 0.0148. The molecular weight excluding hydrogens is 499 g/mol. The predicted octanol–water partition coefficient (Wildman–Crippen LogP) is 6.56. The number of carbonyl (C=O) groups excluding carboxylic acids is 1. The second-order valence-electron chi connectivity index (χ2n) is 9.00. The van der Waals surface area contributed by atoms with Crippen molar-refractivity contribution < 1.29 is 37.3 Å². The van der Waals surface area contributed by atoms with Crippen LogP contribution in [0.5, 0.6) is 11.5 Å².